The zero-order valence-corrected chi connectivity index (χ0v) is 15.6. The maximum atomic E-state index is 12.4. The lowest BCUT2D eigenvalue weighted by Gasteiger charge is -2.34. The van der Waals surface area contributed by atoms with Crippen LogP contribution in [0.4, 0.5) is 10.5 Å². The average molecular weight is 392 g/mol. The fourth-order valence-electron chi connectivity index (χ4n) is 2.78. The van der Waals surface area contributed by atoms with Gasteiger partial charge in [-0.3, -0.25) is 4.79 Å². The number of rotatable bonds is 3. The van der Waals surface area contributed by atoms with E-state index in [9.17, 15) is 9.59 Å². The Morgan fingerprint density at radius 3 is 1.88 bits per heavy atom. The molecule has 1 heterocycles. The molecule has 2 aromatic carbocycles. The summed E-state index contributed by atoms with van der Waals surface area (Å²) in [5.41, 5.74) is 1.63. The predicted octanol–water partition coefficient (Wildman–Crippen LogP) is 3.91. The van der Waals surface area contributed by atoms with Gasteiger partial charge in [-0.05, 0) is 42.0 Å². The number of amides is 3. The number of halogens is 2. The van der Waals surface area contributed by atoms with Crippen LogP contribution in [0.3, 0.4) is 0 Å². The Morgan fingerprint density at radius 1 is 0.808 bits per heavy atom. The van der Waals surface area contributed by atoms with E-state index in [0.717, 1.165) is 5.56 Å². The lowest BCUT2D eigenvalue weighted by Crippen LogP contribution is -2.52. The highest BCUT2D eigenvalue weighted by Crippen LogP contribution is 2.15. The molecule has 0 aliphatic carbocycles. The summed E-state index contributed by atoms with van der Waals surface area (Å²) in [5, 5.41) is 4.12. The summed E-state index contributed by atoms with van der Waals surface area (Å²) in [6.45, 7) is 2.07. The predicted molar refractivity (Wildman–Crippen MR) is 104 cm³/mol. The van der Waals surface area contributed by atoms with Gasteiger partial charge in [0, 0.05) is 41.9 Å². The van der Waals surface area contributed by atoms with Crippen LogP contribution in [-0.2, 0) is 11.2 Å². The number of anilines is 1. The van der Waals surface area contributed by atoms with Crippen LogP contribution < -0.4 is 5.32 Å². The number of piperazine rings is 1. The molecule has 7 heteroatoms. The first kappa shape index (κ1) is 18.5. The van der Waals surface area contributed by atoms with E-state index in [1.165, 1.54) is 0 Å². The molecule has 2 aromatic rings. The van der Waals surface area contributed by atoms with Crippen LogP contribution >= 0.6 is 23.2 Å². The molecular formula is C19H19Cl2N3O2. The van der Waals surface area contributed by atoms with Gasteiger partial charge in [-0.25, -0.2) is 4.79 Å². The summed E-state index contributed by atoms with van der Waals surface area (Å²) in [6.07, 6.45) is 0.341. The van der Waals surface area contributed by atoms with Crippen LogP contribution in [0, 0.1) is 0 Å². The molecule has 0 bridgehead atoms. The summed E-state index contributed by atoms with van der Waals surface area (Å²) in [4.78, 5) is 28.2. The van der Waals surface area contributed by atoms with E-state index in [1.54, 1.807) is 46.2 Å². The molecule has 0 atom stereocenters. The van der Waals surface area contributed by atoms with Gasteiger partial charge in [-0.2, -0.15) is 0 Å². The van der Waals surface area contributed by atoms with E-state index in [-0.39, 0.29) is 11.9 Å². The van der Waals surface area contributed by atoms with Gasteiger partial charge in [0.2, 0.25) is 5.91 Å². The highest BCUT2D eigenvalue weighted by Gasteiger charge is 2.24. The first-order valence-corrected chi connectivity index (χ1v) is 9.10. The van der Waals surface area contributed by atoms with Gasteiger partial charge in [0.15, 0.2) is 0 Å². The Hall–Kier alpha value is -2.24. The molecule has 1 saturated heterocycles. The quantitative estimate of drug-likeness (QED) is 0.861. The van der Waals surface area contributed by atoms with Crippen molar-refractivity contribution in [2.45, 2.75) is 6.42 Å². The normalized spacial score (nSPS) is 14.2. The van der Waals surface area contributed by atoms with Crippen LogP contribution in [0.1, 0.15) is 5.56 Å². The molecule has 3 rings (SSSR count). The molecule has 3 amide bonds. The number of benzene rings is 2. The van der Waals surface area contributed by atoms with Crippen molar-refractivity contribution in [1.29, 1.82) is 0 Å². The number of nitrogens with one attached hydrogen (secondary N) is 1. The third-order valence-electron chi connectivity index (χ3n) is 4.28. The van der Waals surface area contributed by atoms with Gasteiger partial charge in [-0.1, -0.05) is 35.3 Å². The van der Waals surface area contributed by atoms with E-state index < -0.39 is 0 Å². The summed E-state index contributed by atoms with van der Waals surface area (Å²) in [5.74, 6) is 0.0603. The highest BCUT2D eigenvalue weighted by molar-refractivity contribution is 6.30. The Morgan fingerprint density at radius 2 is 1.31 bits per heavy atom. The average Bonchev–Trinajstić information content (AvgIpc) is 2.65. The second kappa shape index (κ2) is 8.43. The molecule has 1 aliphatic rings. The third kappa shape index (κ3) is 4.90. The van der Waals surface area contributed by atoms with Crippen molar-refractivity contribution in [2.24, 2.45) is 0 Å². The van der Waals surface area contributed by atoms with Crippen LogP contribution in [0.25, 0.3) is 0 Å². The second-order valence-electron chi connectivity index (χ2n) is 6.11. The second-order valence-corrected chi connectivity index (χ2v) is 6.98. The van der Waals surface area contributed by atoms with Gasteiger partial charge in [0.05, 0.1) is 6.42 Å². The van der Waals surface area contributed by atoms with Gasteiger partial charge < -0.3 is 15.1 Å². The Kier molecular flexibility index (Phi) is 6.01. The van der Waals surface area contributed by atoms with Gasteiger partial charge in [-0.15, -0.1) is 0 Å². The van der Waals surface area contributed by atoms with Crippen LogP contribution in [0.5, 0.6) is 0 Å². The highest BCUT2D eigenvalue weighted by atomic mass is 35.5. The SMILES string of the molecule is O=C(Cc1ccc(Cl)cc1)N1CCN(C(=O)Nc2ccc(Cl)cc2)CC1. The van der Waals surface area contributed by atoms with Crippen molar-refractivity contribution >= 4 is 40.8 Å². The summed E-state index contributed by atoms with van der Waals surface area (Å²) in [7, 11) is 0. The fourth-order valence-corrected chi connectivity index (χ4v) is 3.04. The lowest BCUT2D eigenvalue weighted by atomic mass is 10.1. The Bertz CT molecular complexity index is 703. The number of carbonyl (C=O) groups is 2. The van der Waals surface area contributed by atoms with E-state index >= 15 is 0 Å². The molecule has 0 spiro atoms. The van der Waals surface area contributed by atoms with Crippen LogP contribution in [-0.4, -0.2) is 47.9 Å². The first-order chi connectivity index (χ1) is 12.5. The molecule has 1 aliphatic heterocycles. The summed E-state index contributed by atoms with van der Waals surface area (Å²) >= 11 is 11.7. The van der Waals surface area contributed by atoms with Crippen LogP contribution in [0.2, 0.25) is 10.0 Å². The molecular weight excluding hydrogens is 373 g/mol. The number of urea groups is 1. The molecule has 0 saturated carbocycles. The van der Waals surface area contributed by atoms with Crippen molar-refractivity contribution in [3.63, 3.8) is 0 Å². The number of nitrogens with zero attached hydrogens (tertiary/aromatic N) is 2. The molecule has 1 fully saturated rings. The van der Waals surface area contributed by atoms with E-state index in [0.29, 0.717) is 48.3 Å². The van der Waals surface area contributed by atoms with Crippen molar-refractivity contribution < 1.29 is 9.59 Å². The van der Waals surface area contributed by atoms with Gasteiger partial charge in [0.25, 0.3) is 0 Å². The van der Waals surface area contributed by atoms with Gasteiger partial charge in [0.1, 0.15) is 0 Å². The number of hydrogen-bond acceptors (Lipinski definition) is 2. The molecule has 1 N–H and O–H groups in total. The monoisotopic (exact) mass is 391 g/mol. The summed E-state index contributed by atoms with van der Waals surface area (Å²) < 4.78 is 0. The largest absolute Gasteiger partial charge is 0.339 e. The molecule has 136 valence electrons. The lowest BCUT2D eigenvalue weighted by molar-refractivity contribution is -0.131. The minimum atomic E-state index is -0.169. The minimum absolute atomic E-state index is 0.0603. The Balaban J connectivity index is 1.48. The standard InChI is InChI=1S/C19H19Cl2N3O2/c20-15-3-1-14(2-4-15)13-18(25)23-9-11-24(12-10-23)19(26)22-17-7-5-16(21)6-8-17/h1-8H,9-13H2,(H,22,26). The fraction of sp³-hybridized carbons (Fsp3) is 0.263. The van der Waals surface area contributed by atoms with Crippen molar-refractivity contribution in [1.82, 2.24) is 9.80 Å². The molecule has 0 unspecified atom stereocenters. The van der Waals surface area contributed by atoms with Crippen LogP contribution in [0.15, 0.2) is 48.5 Å². The maximum Gasteiger partial charge on any atom is 0.321 e. The molecule has 5 nitrogen and oxygen atoms in total. The third-order valence-corrected chi connectivity index (χ3v) is 4.79. The minimum Gasteiger partial charge on any atom is -0.339 e. The molecule has 0 radical (unpaired) electrons. The van der Waals surface area contributed by atoms with E-state index in [4.69, 9.17) is 23.2 Å². The van der Waals surface area contributed by atoms with E-state index in [1.807, 2.05) is 12.1 Å². The number of hydrogen-bond donors (Lipinski definition) is 1. The zero-order valence-electron chi connectivity index (χ0n) is 14.1. The maximum absolute atomic E-state index is 12.4. The smallest absolute Gasteiger partial charge is 0.321 e. The zero-order chi connectivity index (χ0) is 18.5. The molecule has 26 heavy (non-hydrogen) atoms. The van der Waals surface area contributed by atoms with Crippen molar-refractivity contribution in [2.75, 3.05) is 31.5 Å². The molecule has 0 aromatic heterocycles. The number of carbonyl (C=O) groups excluding carboxylic acids is 2. The first-order valence-electron chi connectivity index (χ1n) is 8.35. The van der Waals surface area contributed by atoms with Gasteiger partial charge >= 0.3 is 6.03 Å². The van der Waals surface area contributed by atoms with Crippen molar-refractivity contribution in [3.8, 4) is 0 Å². The topological polar surface area (TPSA) is 52.7 Å². The Labute approximate surface area is 162 Å². The van der Waals surface area contributed by atoms with E-state index in [2.05, 4.69) is 5.32 Å². The summed E-state index contributed by atoms with van der Waals surface area (Å²) in [6, 6.07) is 14.1. The van der Waals surface area contributed by atoms with Crippen molar-refractivity contribution in [3.05, 3.63) is 64.1 Å².